The van der Waals surface area contributed by atoms with Crippen LogP contribution in [-0.4, -0.2) is 68.3 Å². The highest BCUT2D eigenvalue weighted by molar-refractivity contribution is 6.32. The van der Waals surface area contributed by atoms with Crippen LogP contribution >= 0.6 is 24.0 Å². The lowest BCUT2D eigenvalue weighted by atomic mass is 10.2. The van der Waals surface area contributed by atoms with Crippen molar-refractivity contribution in [3.63, 3.8) is 0 Å². The molecule has 1 atom stereocenters. The second-order valence-corrected chi connectivity index (χ2v) is 6.21. The molecule has 1 N–H and O–H groups in total. The first-order chi connectivity index (χ1) is 10.3. The van der Waals surface area contributed by atoms with Gasteiger partial charge >= 0.3 is 0 Å². The summed E-state index contributed by atoms with van der Waals surface area (Å²) in [5.74, 6) is 0.787. The van der Waals surface area contributed by atoms with Gasteiger partial charge in [-0.15, -0.1) is 12.4 Å². The molecular formula is C16H25Cl2N3O. The molecule has 124 valence electrons. The second-order valence-electron chi connectivity index (χ2n) is 5.80. The zero-order chi connectivity index (χ0) is 14.5. The topological polar surface area (TPSA) is 27.7 Å². The summed E-state index contributed by atoms with van der Waals surface area (Å²) in [7, 11) is 0. The highest BCUT2D eigenvalue weighted by atomic mass is 35.5. The maximum atomic E-state index is 6.09. The molecule has 6 heteroatoms. The first kappa shape index (κ1) is 17.8. The number of benzene rings is 1. The number of halogens is 2. The Balaban J connectivity index is 0.00000176. The Morgan fingerprint density at radius 2 is 1.95 bits per heavy atom. The number of hydrogen-bond donors (Lipinski definition) is 1. The van der Waals surface area contributed by atoms with Gasteiger partial charge in [-0.05, 0) is 25.1 Å². The minimum Gasteiger partial charge on any atom is -0.491 e. The van der Waals surface area contributed by atoms with Crippen LogP contribution in [0.25, 0.3) is 0 Å². The minimum atomic E-state index is 0. The Labute approximate surface area is 144 Å². The van der Waals surface area contributed by atoms with E-state index in [1.54, 1.807) is 0 Å². The van der Waals surface area contributed by atoms with Gasteiger partial charge in [-0.3, -0.25) is 9.80 Å². The molecule has 1 aromatic rings. The predicted octanol–water partition coefficient (Wildman–Crippen LogP) is 2.12. The van der Waals surface area contributed by atoms with E-state index in [0.717, 1.165) is 38.0 Å². The number of hydrogen-bond acceptors (Lipinski definition) is 4. The van der Waals surface area contributed by atoms with Gasteiger partial charge in [0, 0.05) is 45.3 Å². The average molecular weight is 346 g/mol. The van der Waals surface area contributed by atoms with Gasteiger partial charge in [-0.25, -0.2) is 0 Å². The average Bonchev–Trinajstić information content (AvgIpc) is 3.04. The Hall–Kier alpha value is -0.520. The van der Waals surface area contributed by atoms with E-state index in [9.17, 15) is 0 Å². The van der Waals surface area contributed by atoms with E-state index < -0.39 is 0 Å². The summed E-state index contributed by atoms with van der Waals surface area (Å²) in [4.78, 5) is 5.11. The molecule has 0 spiro atoms. The number of ether oxygens (including phenoxy) is 1. The summed E-state index contributed by atoms with van der Waals surface area (Å²) in [6, 6.07) is 8.42. The standard InChI is InChI=1S/C16H24ClN3O.ClH/c17-15-3-1-2-4-16(15)21-12-11-19-7-9-20(10-8-19)14-5-6-18-13-14;/h1-4,14,18H,5-13H2;1H. The summed E-state index contributed by atoms with van der Waals surface area (Å²) < 4.78 is 5.77. The van der Waals surface area contributed by atoms with Crippen LogP contribution in [0.1, 0.15) is 6.42 Å². The van der Waals surface area contributed by atoms with E-state index in [0.29, 0.717) is 11.6 Å². The molecule has 0 amide bonds. The van der Waals surface area contributed by atoms with Crippen LogP contribution in [0.4, 0.5) is 0 Å². The molecule has 0 aliphatic carbocycles. The van der Waals surface area contributed by atoms with Crippen LogP contribution in [-0.2, 0) is 0 Å². The van der Waals surface area contributed by atoms with Crippen molar-refractivity contribution in [1.29, 1.82) is 0 Å². The molecule has 1 unspecified atom stereocenters. The Kier molecular flexibility index (Phi) is 7.25. The van der Waals surface area contributed by atoms with Gasteiger partial charge in [0.1, 0.15) is 12.4 Å². The highest BCUT2D eigenvalue weighted by Gasteiger charge is 2.25. The molecule has 0 saturated carbocycles. The number of piperazine rings is 1. The lowest BCUT2D eigenvalue weighted by Crippen LogP contribution is -2.51. The Morgan fingerprint density at radius 3 is 2.64 bits per heavy atom. The van der Waals surface area contributed by atoms with Crippen LogP contribution in [0.2, 0.25) is 5.02 Å². The van der Waals surface area contributed by atoms with E-state index >= 15 is 0 Å². The first-order valence-electron chi connectivity index (χ1n) is 7.87. The van der Waals surface area contributed by atoms with Crippen molar-refractivity contribution in [1.82, 2.24) is 15.1 Å². The zero-order valence-electron chi connectivity index (χ0n) is 12.8. The first-order valence-corrected chi connectivity index (χ1v) is 8.25. The molecule has 4 nitrogen and oxygen atoms in total. The normalized spacial score (nSPS) is 23.2. The summed E-state index contributed by atoms with van der Waals surface area (Å²) >= 11 is 6.09. The molecule has 2 heterocycles. The van der Waals surface area contributed by atoms with Crippen molar-refractivity contribution >= 4 is 24.0 Å². The fourth-order valence-electron chi connectivity index (χ4n) is 3.15. The van der Waals surface area contributed by atoms with Crippen molar-refractivity contribution < 1.29 is 4.74 Å². The van der Waals surface area contributed by atoms with Gasteiger partial charge in [0.05, 0.1) is 5.02 Å². The molecule has 2 saturated heterocycles. The third kappa shape index (κ3) is 4.74. The second kappa shape index (κ2) is 8.94. The molecule has 0 radical (unpaired) electrons. The van der Waals surface area contributed by atoms with Crippen molar-refractivity contribution in [2.75, 3.05) is 52.4 Å². The van der Waals surface area contributed by atoms with Crippen molar-refractivity contribution in [3.05, 3.63) is 29.3 Å². The summed E-state index contributed by atoms with van der Waals surface area (Å²) in [5.41, 5.74) is 0. The van der Waals surface area contributed by atoms with Gasteiger partial charge in [0.25, 0.3) is 0 Å². The maximum absolute atomic E-state index is 6.09. The van der Waals surface area contributed by atoms with Crippen LogP contribution < -0.4 is 10.1 Å². The molecule has 0 aromatic heterocycles. The summed E-state index contributed by atoms with van der Waals surface area (Å²) in [5, 5.41) is 4.14. The number of para-hydroxylation sites is 1. The largest absolute Gasteiger partial charge is 0.491 e. The lowest BCUT2D eigenvalue weighted by molar-refractivity contribution is 0.0921. The third-order valence-corrected chi connectivity index (χ3v) is 4.77. The molecule has 2 fully saturated rings. The Morgan fingerprint density at radius 1 is 1.18 bits per heavy atom. The van der Waals surface area contributed by atoms with Crippen LogP contribution in [0, 0.1) is 0 Å². The summed E-state index contributed by atoms with van der Waals surface area (Å²) in [6.45, 7) is 8.66. The van der Waals surface area contributed by atoms with E-state index in [4.69, 9.17) is 16.3 Å². The lowest BCUT2D eigenvalue weighted by Gasteiger charge is -2.37. The van der Waals surface area contributed by atoms with Gasteiger partial charge in [0.2, 0.25) is 0 Å². The molecule has 2 aliphatic heterocycles. The molecule has 0 bridgehead atoms. The SMILES string of the molecule is Cl.Clc1ccccc1OCCN1CCN(C2CCNC2)CC1. The molecular weight excluding hydrogens is 321 g/mol. The number of rotatable bonds is 5. The van der Waals surface area contributed by atoms with Gasteiger partial charge < -0.3 is 10.1 Å². The van der Waals surface area contributed by atoms with Crippen LogP contribution in [0.15, 0.2) is 24.3 Å². The van der Waals surface area contributed by atoms with E-state index in [1.165, 1.54) is 26.1 Å². The van der Waals surface area contributed by atoms with Gasteiger partial charge in [-0.1, -0.05) is 23.7 Å². The van der Waals surface area contributed by atoms with Crippen molar-refractivity contribution in [2.45, 2.75) is 12.5 Å². The molecule has 22 heavy (non-hydrogen) atoms. The fraction of sp³-hybridized carbons (Fsp3) is 0.625. The molecule has 3 rings (SSSR count). The van der Waals surface area contributed by atoms with E-state index in [1.807, 2.05) is 24.3 Å². The molecule has 1 aromatic carbocycles. The minimum absolute atomic E-state index is 0. The molecule has 2 aliphatic rings. The Bertz CT molecular complexity index is 447. The van der Waals surface area contributed by atoms with Crippen molar-refractivity contribution in [2.24, 2.45) is 0 Å². The third-order valence-electron chi connectivity index (χ3n) is 4.46. The number of nitrogens with zero attached hydrogens (tertiary/aromatic N) is 2. The van der Waals surface area contributed by atoms with Crippen LogP contribution in [0.3, 0.4) is 0 Å². The van der Waals surface area contributed by atoms with Gasteiger partial charge in [-0.2, -0.15) is 0 Å². The summed E-state index contributed by atoms with van der Waals surface area (Å²) in [6.07, 6.45) is 1.30. The van der Waals surface area contributed by atoms with Crippen LogP contribution in [0.5, 0.6) is 5.75 Å². The smallest absolute Gasteiger partial charge is 0.137 e. The van der Waals surface area contributed by atoms with E-state index in [2.05, 4.69) is 15.1 Å². The van der Waals surface area contributed by atoms with Crippen molar-refractivity contribution in [3.8, 4) is 5.75 Å². The fourth-order valence-corrected chi connectivity index (χ4v) is 3.34. The van der Waals surface area contributed by atoms with E-state index in [-0.39, 0.29) is 12.4 Å². The number of nitrogens with one attached hydrogen (secondary N) is 1. The maximum Gasteiger partial charge on any atom is 0.137 e. The quantitative estimate of drug-likeness (QED) is 0.884. The van der Waals surface area contributed by atoms with Gasteiger partial charge in [0.15, 0.2) is 0 Å². The zero-order valence-corrected chi connectivity index (χ0v) is 14.4. The predicted molar refractivity (Wildman–Crippen MR) is 93.5 cm³/mol. The highest BCUT2D eigenvalue weighted by Crippen LogP contribution is 2.23. The monoisotopic (exact) mass is 345 g/mol.